The zero-order chi connectivity index (χ0) is 13.4. The van der Waals surface area contributed by atoms with Crippen molar-refractivity contribution in [1.29, 1.82) is 0 Å². The van der Waals surface area contributed by atoms with Crippen LogP contribution in [0.15, 0.2) is 24.3 Å². The molecule has 0 aliphatic carbocycles. The molecule has 1 rings (SSSR count). The first-order valence-electron chi connectivity index (χ1n) is 6.26. The molecule has 0 saturated heterocycles. The maximum Gasteiger partial charge on any atom is 0.124 e. The van der Waals surface area contributed by atoms with Crippen LogP contribution in [0.3, 0.4) is 0 Å². The van der Waals surface area contributed by atoms with Gasteiger partial charge in [0.15, 0.2) is 0 Å². The molecule has 0 bridgehead atoms. The highest BCUT2D eigenvalue weighted by Crippen LogP contribution is 2.24. The molecule has 1 N–H and O–H groups in total. The zero-order valence-corrected chi connectivity index (χ0v) is 11.4. The lowest BCUT2D eigenvalue weighted by Crippen LogP contribution is -2.28. The number of aliphatic hydroxyl groups is 1. The van der Waals surface area contributed by atoms with Gasteiger partial charge in [-0.25, -0.2) is 0 Å². The SMILES string of the molecule is CCOCCN(C)CC(O)c1ccccc1OC. The van der Waals surface area contributed by atoms with Gasteiger partial charge in [-0.3, -0.25) is 0 Å². The van der Waals surface area contributed by atoms with Gasteiger partial charge in [-0.15, -0.1) is 0 Å². The van der Waals surface area contributed by atoms with Crippen LogP contribution in [0.25, 0.3) is 0 Å². The second-order valence-corrected chi connectivity index (χ2v) is 4.22. The Morgan fingerprint density at radius 1 is 1.33 bits per heavy atom. The summed E-state index contributed by atoms with van der Waals surface area (Å²) in [7, 11) is 3.59. The Morgan fingerprint density at radius 2 is 2.06 bits per heavy atom. The van der Waals surface area contributed by atoms with Gasteiger partial charge in [-0.1, -0.05) is 18.2 Å². The van der Waals surface area contributed by atoms with Gasteiger partial charge >= 0.3 is 0 Å². The molecule has 1 unspecified atom stereocenters. The van der Waals surface area contributed by atoms with E-state index in [1.165, 1.54) is 0 Å². The summed E-state index contributed by atoms with van der Waals surface area (Å²) in [6.45, 7) is 4.76. The second kappa shape index (κ2) is 8.08. The summed E-state index contributed by atoms with van der Waals surface area (Å²) in [5.74, 6) is 0.725. The van der Waals surface area contributed by atoms with Crippen molar-refractivity contribution >= 4 is 0 Å². The number of para-hydroxylation sites is 1. The van der Waals surface area contributed by atoms with Crippen molar-refractivity contribution in [3.05, 3.63) is 29.8 Å². The molecule has 0 spiro atoms. The first-order valence-corrected chi connectivity index (χ1v) is 6.26. The Balaban J connectivity index is 2.51. The van der Waals surface area contributed by atoms with Crippen LogP contribution in [0.5, 0.6) is 5.75 Å². The summed E-state index contributed by atoms with van der Waals surface area (Å²) in [6, 6.07) is 7.55. The van der Waals surface area contributed by atoms with E-state index in [1.807, 2.05) is 43.1 Å². The zero-order valence-electron chi connectivity index (χ0n) is 11.4. The molecule has 0 fully saturated rings. The Hall–Kier alpha value is -1.10. The molecule has 1 aromatic rings. The van der Waals surface area contributed by atoms with Crippen LogP contribution in [0.2, 0.25) is 0 Å². The third kappa shape index (κ3) is 4.64. The van der Waals surface area contributed by atoms with Crippen LogP contribution in [-0.4, -0.2) is 50.5 Å². The fraction of sp³-hybridized carbons (Fsp3) is 0.571. The molecule has 4 heteroatoms. The van der Waals surface area contributed by atoms with Crippen molar-refractivity contribution in [2.45, 2.75) is 13.0 Å². The number of rotatable bonds is 8. The Bertz CT molecular complexity index is 344. The average Bonchev–Trinajstić information content (AvgIpc) is 2.39. The van der Waals surface area contributed by atoms with Crippen molar-refractivity contribution in [2.75, 3.05) is 40.5 Å². The number of ether oxygens (including phenoxy) is 2. The van der Waals surface area contributed by atoms with E-state index in [0.717, 1.165) is 24.5 Å². The third-order valence-electron chi connectivity index (χ3n) is 2.80. The van der Waals surface area contributed by atoms with Gasteiger partial charge in [-0.2, -0.15) is 0 Å². The molecule has 0 amide bonds. The van der Waals surface area contributed by atoms with Gasteiger partial charge < -0.3 is 19.5 Å². The van der Waals surface area contributed by atoms with E-state index in [2.05, 4.69) is 0 Å². The topological polar surface area (TPSA) is 41.9 Å². The van der Waals surface area contributed by atoms with Gasteiger partial charge in [-0.05, 0) is 20.0 Å². The molecule has 0 heterocycles. The molecule has 0 aliphatic heterocycles. The van der Waals surface area contributed by atoms with Crippen LogP contribution >= 0.6 is 0 Å². The van der Waals surface area contributed by atoms with Crippen molar-refractivity contribution in [1.82, 2.24) is 4.90 Å². The first-order chi connectivity index (χ1) is 8.69. The molecule has 4 nitrogen and oxygen atoms in total. The minimum atomic E-state index is -0.548. The molecule has 0 aromatic heterocycles. The van der Waals surface area contributed by atoms with Gasteiger partial charge in [0.25, 0.3) is 0 Å². The maximum absolute atomic E-state index is 10.2. The number of hydrogen-bond acceptors (Lipinski definition) is 4. The molecule has 18 heavy (non-hydrogen) atoms. The van der Waals surface area contributed by atoms with Gasteiger partial charge in [0.05, 0.1) is 19.8 Å². The fourth-order valence-corrected chi connectivity index (χ4v) is 1.79. The number of hydrogen-bond donors (Lipinski definition) is 1. The predicted molar refractivity (Wildman–Crippen MR) is 71.9 cm³/mol. The number of nitrogens with zero attached hydrogens (tertiary/aromatic N) is 1. The van der Waals surface area contributed by atoms with Crippen LogP contribution in [0, 0.1) is 0 Å². The standard InChI is InChI=1S/C14H23NO3/c1-4-18-10-9-15(2)11-13(16)12-7-5-6-8-14(12)17-3/h5-8,13,16H,4,9-11H2,1-3H3. The molecule has 0 saturated carbocycles. The maximum atomic E-state index is 10.2. The van der Waals surface area contributed by atoms with E-state index < -0.39 is 6.10 Å². The fourth-order valence-electron chi connectivity index (χ4n) is 1.79. The van der Waals surface area contributed by atoms with E-state index >= 15 is 0 Å². The molecule has 1 aromatic carbocycles. The normalized spacial score (nSPS) is 12.7. The van der Waals surface area contributed by atoms with E-state index in [9.17, 15) is 5.11 Å². The Morgan fingerprint density at radius 3 is 2.72 bits per heavy atom. The van der Waals surface area contributed by atoms with E-state index in [0.29, 0.717) is 13.2 Å². The highest BCUT2D eigenvalue weighted by Gasteiger charge is 2.14. The molecular formula is C14H23NO3. The summed E-state index contributed by atoms with van der Waals surface area (Å²) in [5.41, 5.74) is 0.822. The first kappa shape index (κ1) is 15.0. The predicted octanol–water partition coefficient (Wildman–Crippen LogP) is 1.70. The van der Waals surface area contributed by atoms with E-state index in [-0.39, 0.29) is 0 Å². The minimum absolute atomic E-state index is 0.548. The summed E-state index contributed by atoms with van der Waals surface area (Å²) in [5, 5.41) is 10.2. The van der Waals surface area contributed by atoms with E-state index in [1.54, 1.807) is 7.11 Å². The minimum Gasteiger partial charge on any atom is -0.496 e. The summed E-state index contributed by atoms with van der Waals surface area (Å²) >= 11 is 0. The largest absolute Gasteiger partial charge is 0.496 e. The van der Waals surface area contributed by atoms with E-state index in [4.69, 9.17) is 9.47 Å². The van der Waals surface area contributed by atoms with Crippen molar-refractivity contribution in [2.24, 2.45) is 0 Å². The monoisotopic (exact) mass is 253 g/mol. The van der Waals surface area contributed by atoms with Crippen LogP contribution in [0.4, 0.5) is 0 Å². The number of benzene rings is 1. The molecule has 1 atom stereocenters. The number of likely N-dealkylation sites (N-methyl/N-ethyl adjacent to an activating group) is 1. The van der Waals surface area contributed by atoms with Crippen LogP contribution < -0.4 is 4.74 Å². The quantitative estimate of drug-likeness (QED) is 0.716. The second-order valence-electron chi connectivity index (χ2n) is 4.22. The summed E-state index contributed by atoms with van der Waals surface area (Å²) in [6.07, 6.45) is -0.548. The Kier molecular flexibility index (Phi) is 6.72. The Labute approximate surface area is 109 Å². The number of methoxy groups -OCH3 is 1. The van der Waals surface area contributed by atoms with Crippen LogP contribution in [-0.2, 0) is 4.74 Å². The number of aliphatic hydroxyl groups excluding tert-OH is 1. The van der Waals surface area contributed by atoms with Gasteiger partial charge in [0.2, 0.25) is 0 Å². The van der Waals surface area contributed by atoms with Crippen molar-refractivity contribution < 1.29 is 14.6 Å². The highest BCUT2D eigenvalue weighted by atomic mass is 16.5. The third-order valence-corrected chi connectivity index (χ3v) is 2.80. The molecule has 0 radical (unpaired) electrons. The molecular weight excluding hydrogens is 230 g/mol. The lowest BCUT2D eigenvalue weighted by molar-refractivity contribution is 0.0880. The highest BCUT2D eigenvalue weighted by molar-refractivity contribution is 5.35. The average molecular weight is 253 g/mol. The summed E-state index contributed by atoms with van der Waals surface area (Å²) < 4.78 is 10.5. The van der Waals surface area contributed by atoms with Crippen LogP contribution in [0.1, 0.15) is 18.6 Å². The molecule has 0 aliphatic rings. The molecule has 102 valence electrons. The lowest BCUT2D eigenvalue weighted by Gasteiger charge is -2.21. The smallest absolute Gasteiger partial charge is 0.124 e. The summed E-state index contributed by atoms with van der Waals surface area (Å²) in [4.78, 5) is 2.05. The van der Waals surface area contributed by atoms with Gasteiger partial charge in [0.1, 0.15) is 5.75 Å². The van der Waals surface area contributed by atoms with Gasteiger partial charge in [0, 0.05) is 25.3 Å². The lowest BCUT2D eigenvalue weighted by atomic mass is 10.1. The van der Waals surface area contributed by atoms with Crippen molar-refractivity contribution in [3.8, 4) is 5.75 Å². The van der Waals surface area contributed by atoms with Crippen molar-refractivity contribution in [3.63, 3.8) is 0 Å².